The van der Waals surface area contributed by atoms with Crippen LogP contribution in [0.5, 0.6) is 0 Å². The molecule has 0 radical (unpaired) electrons. The SMILES string of the molecule is CC(C)(C)c1ccc(CNCc2ccn[nH]2)cc1. The van der Waals surface area contributed by atoms with Crippen LogP contribution in [0.3, 0.4) is 0 Å². The van der Waals surface area contributed by atoms with Crippen molar-refractivity contribution in [3.05, 3.63) is 53.3 Å². The number of benzene rings is 1. The Morgan fingerprint density at radius 3 is 2.33 bits per heavy atom. The van der Waals surface area contributed by atoms with Crippen molar-refractivity contribution in [1.82, 2.24) is 15.5 Å². The summed E-state index contributed by atoms with van der Waals surface area (Å²) in [6.45, 7) is 8.40. The lowest BCUT2D eigenvalue weighted by atomic mass is 9.87. The zero-order chi connectivity index (χ0) is 13.0. The smallest absolute Gasteiger partial charge is 0.0490 e. The van der Waals surface area contributed by atoms with Crippen LogP contribution in [0.2, 0.25) is 0 Å². The van der Waals surface area contributed by atoms with Gasteiger partial charge in [-0.05, 0) is 22.6 Å². The molecule has 0 aliphatic carbocycles. The van der Waals surface area contributed by atoms with E-state index in [0.717, 1.165) is 18.8 Å². The van der Waals surface area contributed by atoms with E-state index in [4.69, 9.17) is 0 Å². The molecule has 0 fully saturated rings. The molecule has 0 aliphatic rings. The average Bonchev–Trinajstić information content (AvgIpc) is 2.82. The van der Waals surface area contributed by atoms with Crippen molar-refractivity contribution in [2.45, 2.75) is 39.3 Å². The van der Waals surface area contributed by atoms with E-state index in [1.165, 1.54) is 11.1 Å². The fourth-order valence-corrected chi connectivity index (χ4v) is 1.85. The van der Waals surface area contributed by atoms with Crippen LogP contribution in [-0.4, -0.2) is 10.2 Å². The molecule has 0 aliphatic heterocycles. The van der Waals surface area contributed by atoms with E-state index in [-0.39, 0.29) is 5.41 Å². The quantitative estimate of drug-likeness (QED) is 0.866. The van der Waals surface area contributed by atoms with Gasteiger partial charge in [-0.1, -0.05) is 45.0 Å². The Labute approximate surface area is 109 Å². The molecule has 0 atom stereocenters. The van der Waals surface area contributed by atoms with Gasteiger partial charge in [-0.3, -0.25) is 5.10 Å². The minimum absolute atomic E-state index is 0.224. The van der Waals surface area contributed by atoms with Crippen molar-refractivity contribution in [1.29, 1.82) is 0 Å². The van der Waals surface area contributed by atoms with E-state index in [0.29, 0.717) is 0 Å². The van der Waals surface area contributed by atoms with E-state index in [1.54, 1.807) is 6.20 Å². The maximum Gasteiger partial charge on any atom is 0.0490 e. The van der Waals surface area contributed by atoms with Gasteiger partial charge in [0.1, 0.15) is 0 Å². The zero-order valence-electron chi connectivity index (χ0n) is 11.3. The predicted octanol–water partition coefficient (Wildman–Crippen LogP) is 3.00. The number of aromatic nitrogens is 2. The predicted molar refractivity (Wildman–Crippen MR) is 74.3 cm³/mol. The number of rotatable bonds is 4. The van der Waals surface area contributed by atoms with E-state index < -0.39 is 0 Å². The second-order valence-corrected chi connectivity index (χ2v) is 5.63. The van der Waals surface area contributed by atoms with Crippen LogP contribution in [-0.2, 0) is 18.5 Å². The summed E-state index contributed by atoms with van der Waals surface area (Å²) in [5.41, 5.74) is 4.02. The molecule has 1 aromatic heterocycles. The van der Waals surface area contributed by atoms with Crippen LogP contribution < -0.4 is 5.32 Å². The number of nitrogens with one attached hydrogen (secondary N) is 2. The molecule has 2 N–H and O–H groups in total. The monoisotopic (exact) mass is 243 g/mol. The molecule has 0 unspecified atom stereocenters. The molecule has 2 rings (SSSR count). The maximum atomic E-state index is 3.92. The van der Waals surface area contributed by atoms with Crippen LogP contribution in [0.25, 0.3) is 0 Å². The number of hydrogen-bond acceptors (Lipinski definition) is 2. The fourth-order valence-electron chi connectivity index (χ4n) is 1.85. The van der Waals surface area contributed by atoms with Crippen molar-refractivity contribution in [2.75, 3.05) is 0 Å². The van der Waals surface area contributed by atoms with Crippen molar-refractivity contribution in [3.63, 3.8) is 0 Å². The number of hydrogen-bond donors (Lipinski definition) is 2. The van der Waals surface area contributed by atoms with Gasteiger partial charge >= 0.3 is 0 Å². The van der Waals surface area contributed by atoms with Crippen LogP contribution in [0, 0.1) is 0 Å². The Hall–Kier alpha value is -1.61. The number of aromatic amines is 1. The molecule has 2 aromatic rings. The summed E-state index contributed by atoms with van der Waals surface area (Å²) in [5.74, 6) is 0. The van der Waals surface area contributed by atoms with Gasteiger partial charge in [0.15, 0.2) is 0 Å². The summed E-state index contributed by atoms with van der Waals surface area (Å²) in [4.78, 5) is 0. The number of H-pyrrole nitrogens is 1. The van der Waals surface area contributed by atoms with E-state index >= 15 is 0 Å². The lowest BCUT2D eigenvalue weighted by Gasteiger charge is -2.19. The summed E-state index contributed by atoms with van der Waals surface area (Å²) in [7, 11) is 0. The Balaban J connectivity index is 1.87. The normalized spacial score (nSPS) is 11.7. The first-order chi connectivity index (χ1) is 8.55. The highest BCUT2D eigenvalue weighted by Gasteiger charge is 2.12. The fraction of sp³-hybridized carbons (Fsp3) is 0.400. The summed E-state index contributed by atoms with van der Waals surface area (Å²) >= 11 is 0. The Bertz CT molecular complexity index is 463. The third kappa shape index (κ3) is 3.44. The largest absolute Gasteiger partial charge is 0.307 e. The van der Waals surface area contributed by atoms with E-state index in [1.807, 2.05) is 6.07 Å². The van der Waals surface area contributed by atoms with Gasteiger partial charge in [0, 0.05) is 25.0 Å². The van der Waals surface area contributed by atoms with Crippen LogP contribution in [0.15, 0.2) is 36.5 Å². The van der Waals surface area contributed by atoms with Crippen molar-refractivity contribution >= 4 is 0 Å². The maximum absolute atomic E-state index is 3.92. The molecule has 0 saturated carbocycles. The zero-order valence-corrected chi connectivity index (χ0v) is 11.3. The molecule has 0 amide bonds. The average molecular weight is 243 g/mol. The molecule has 0 saturated heterocycles. The van der Waals surface area contributed by atoms with Crippen LogP contribution >= 0.6 is 0 Å². The first-order valence-corrected chi connectivity index (χ1v) is 6.34. The molecular formula is C15H21N3. The summed E-state index contributed by atoms with van der Waals surface area (Å²) in [6, 6.07) is 10.8. The highest BCUT2D eigenvalue weighted by atomic mass is 15.1. The van der Waals surface area contributed by atoms with E-state index in [2.05, 4.69) is 60.6 Å². The topological polar surface area (TPSA) is 40.7 Å². The lowest BCUT2D eigenvalue weighted by Crippen LogP contribution is -2.14. The van der Waals surface area contributed by atoms with Gasteiger partial charge in [-0.15, -0.1) is 0 Å². The Morgan fingerprint density at radius 1 is 1.06 bits per heavy atom. The minimum Gasteiger partial charge on any atom is -0.307 e. The first-order valence-electron chi connectivity index (χ1n) is 6.34. The molecule has 0 spiro atoms. The molecule has 3 heteroatoms. The van der Waals surface area contributed by atoms with Crippen LogP contribution in [0.1, 0.15) is 37.6 Å². The summed E-state index contributed by atoms with van der Waals surface area (Å²) < 4.78 is 0. The highest BCUT2D eigenvalue weighted by molar-refractivity contribution is 5.27. The number of nitrogens with zero attached hydrogens (tertiary/aromatic N) is 1. The highest BCUT2D eigenvalue weighted by Crippen LogP contribution is 2.22. The third-order valence-electron chi connectivity index (χ3n) is 3.02. The van der Waals surface area contributed by atoms with Crippen LogP contribution in [0.4, 0.5) is 0 Å². The summed E-state index contributed by atoms with van der Waals surface area (Å²) in [6.07, 6.45) is 1.77. The Kier molecular flexibility index (Phi) is 3.82. The Morgan fingerprint density at radius 2 is 1.78 bits per heavy atom. The second kappa shape index (κ2) is 5.36. The molecule has 96 valence electrons. The third-order valence-corrected chi connectivity index (χ3v) is 3.02. The van der Waals surface area contributed by atoms with Gasteiger partial charge in [-0.25, -0.2) is 0 Å². The van der Waals surface area contributed by atoms with E-state index in [9.17, 15) is 0 Å². The minimum atomic E-state index is 0.224. The molecular weight excluding hydrogens is 222 g/mol. The first kappa shape index (κ1) is 12.8. The molecule has 1 heterocycles. The molecule has 3 nitrogen and oxygen atoms in total. The standard InChI is InChI=1S/C15H21N3/c1-15(2,3)13-6-4-12(5-7-13)10-16-11-14-8-9-17-18-14/h4-9,16H,10-11H2,1-3H3,(H,17,18). The van der Waals surface area contributed by atoms with Crippen molar-refractivity contribution in [2.24, 2.45) is 0 Å². The second-order valence-electron chi connectivity index (χ2n) is 5.63. The van der Waals surface area contributed by atoms with Gasteiger partial charge in [0.2, 0.25) is 0 Å². The van der Waals surface area contributed by atoms with Gasteiger partial charge in [-0.2, -0.15) is 5.10 Å². The van der Waals surface area contributed by atoms with Crippen molar-refractivity contribution < 1.29 is 0 Å². The van der Waals surface area contributed by atoms with Gasteiger partial charge in [0.25, 0.3) is 0 Å². The van der Waals surface area contributed by atoms with Crippen molar-refractivity contribution in [3.8, 4) is 0 Å². The molecule has 0 bridgehead atoms. The van der Waals surface area contributed by atoms with Gasteiger partial charge in [0.05, 0.1) is 0 Å². The van der Waals surface area contributed by atoms with Gasteiger partial charge < -0.3 is 5.32 Å². The molecule has 18 heavy (non-hydrogen) atoms. The summed E-state index contributed by atoms with van der Waals surface area (Å²) in [5, 5.41) is 10.3. The molecule has 1 aromatic carbocycles. The lowest BCUT2D eigenvalue weighted by molar-refractivity contribution is 0.589.